The maximum absolute atomic E-state index is 13.1. The van der Waals surface area contributed by atoms with Gasteiger partial charge in [-0.25, -0.2) is 19.2 Å². The van der Waals surface area contributed by atoms with Crippen molar-refractivity contribution in [3.63, 3.8) is 0 Å². The second kappa shape index (κ2) is 13.0. The molecule has 1 saturated carbocycles. The van der Waals surface area contributed by atoms with Crippen molar-refractivity contribution in [2.45, 2.75) is 82.1 Å². The second-order valence-corrected chi connectivity index (χ2v) is 14.6. The summed E-state index contributed by atoms with van der Waals surface area (Å²) < 4.78 is 75.1. The lowest BCUT2D eigenvalue weighted by Crippen LogP contribution is -2.41. The van der Waals surface area contributed by atoms with Crippen LogP contribution in [0.1, 0.15) is 69.2 Å². The Bertz CT molecular complexity index is 1740. The Kier molecular flexibility index (Phi) is 9.52. The normalized spacial score (nSPS) is 18.7. The Morgan fingerprint density at radius 1 is 1.13 bits per heavy atom. The minimum Gasteiger partial charge on any atom is -0.477 e. The van der Waals surface area contributed by atoms with Crippen LogP contribution in [0.15, 0.2) is 41.7 Å². The molecule has 1 aliphatic carbocycles. The molecular weight excluding hydrogens is 667 g/mol. The van der Waals surface area contributed by atoms with Gasteiger partial charge in [-0.3, -0.25) is 9.48 Å². The SMILES string of the molecule is CC1(C)CC(CCCCn2ccc(S(=O)(=O)NC(=O)c3ccc(-n4ccc(OCCC5(C(F)(F)F)CC5)n4)nc3Cl)n2)CN1C(=O)O. The topological polar surface area (TPSA) is 162 Å². The van der Waals surface area contributed by atoms with Crippen molar-refractivity contribution < 1.29 is 41.0 Å². The van der Waals surface area contributed by atoms with Crippen LogP contribution in [0.2, 0.25) is 5.15 Å². The number of aryl methyl sites for hydroxylation is 1. The molecule has 1 aliphatic heterocycles. The third-order valence-corrected chi connectivity index (χ3v) is 10.2. The number of nitrogens with one attached hydrogen (secondary N) is 1. The van der Waals surface area contributed by atoms with Gasteiger partial charge in [-0.15, -0.1) is 5.10 Å². The zero-order valence-corrected chi connectivity index (χ0v) is 27.3. The van der Waals surface area contributed by atoms with Crippen molar-refractivity contribution in [2.75, 3.05) is 13.2 Å². The quantitative estimate of drug-likeness (QED) is 0.178. The zero-order chi connectivity index (χ0) is 34.2. The highest BCUT2D eigenvalue weighted by Crippen LogP contribution is 2.59. The zero-order valence-electron chi connectivity index (χ0n) is 25.7. The number of carboxylic acid groups (broad SMARTS) is 1. The number of nitrogens with zero attached hydrogens (tertiary/aromatic N) is 6. The summed E-state index contributed by atoms with van der Waals surface area (Å²) in [7, 11) is -4.34. The summed E-state index contributed by atoms with van der Waals surface area (Å²) in [6.07, 6.45) is 0.883. The van der Waals surface area contributed by atoms with Crippen LogP contribution in [0.3, 0.4) is 0 Å². The van der Waals surface area contributed by atoms with Crippen LogP contribution in [0.5, 0.6) is 5.88 Å². The first-order valence-electron chi connectivity index (χ1n) is 15.0. The monoisotopic (exact) mass is 701 g/mol. The van der Waals surface area contributed by atoms with E-state index in [9.17, 15) is 36.3 Å². The summed E-state index contributed by atoms with van der Waals surface area (Å²) in [4.78, 5) is 29.8. The Hall–Kier alpha value is -3.86. The average molecular weight is 702 g/mol. The molecule has 4 heterocycles. The van der Waals surface area contributed by atoms with E-state index in [1.807, 2.05) is 18.6 Å². The highest BCUT2D eigenvalue weighted by molar-refractivity contribution is 7.90. The lowest BCUT2D eigenvalue weighted by Gasteiger charge is -2.28. The highest BCUT2D eigenvalue weighted by atomic mass is 35.5. The van der Waals surface area contributed by atoms with Crippen molar-refractivity contribution in [1.29, 1.82) is 0 Å². The molecular formula is C29H35ClF3N7O6S. The molecule has 2 aliphatic rings. The van der Waals surface area contributed by atoms with Gasteiger partial charge in [0.1, 0.15) is 5.15 Å². The largest absolute Gasteiger partial charge is 0.477 e. The van der Waals surface area contributed by atoms with Gasteiger partial charge in [-0.2, -0.15) is 26.7 Å². The first-order chi connectivity index (χ1) is 22.0. The van der Waals surface area contributed by atoms with Crippen LogP contribution >= 0.6 is 11.6 Å². The van der Waals surface area contributed by atoms with Crippen LogP contribution < -0.4 is 9.46 Å². The summed E-state index contributed by atoms with van der Waals surface area (Å²) in [6.45, 7) is 4.60. The van der Waals surface area contributed by atoms with Crippen molar-refractivity contribution >= 4 is 33.6 Å². The number of ether oxygens (including phenoxy) is 1. The summed E-state index contributed by atoms with van der Waals surface area (Å²) in [6, 6.07) is 5.35. The first-order valence-corrected chi connectivity index (χ1v) is 16.9. The van der Waals surface area contributed by atoms with Crippen LogP contribution in [0.25, 0.3) is 5.82 Å². The lowest BCUT2D eigenvalue weighted by molar-refractivity contribution is -0.190. The van der Waals surface area contributed by atoms with E-state index in [-0.39, 0.29) is 59.2 Å². The number of carbonyl (C=O) groups excluding carboxylic acids is 1. The van der Waals surface area contributed by atoms with Crippen molar-refractivity contribution in [3.8, 4) is 11.7 Å². The minimum absolute atomic E-state index is 0.0817. The fourth-order valence-corrected chi connectivity index (χ4v) is 7.02. The van der Waals surface area contributed by atoms with E-state index in [1.165, 1.54) is 50.9 Å². The fourth-order valence-electron chi connectivity index (χ4n) is 5.87. The summed E-state index contributed by atoms with van der Waals surface area (Å²) in [5.41, 5.74) is -2.31. The van der Waals surface area contributed by atoms with Gasteiger partial charge in [-0.05, 0) is 76.5 Å². The number of likely N-dealkylation sites (tertiary alicyclic amines) is 1. The second-order valence-electron chi connectivity index (χ2n) is 12.6. The molecule has 0 spiro atoms. The number of rotatable bonds is 13. The van der Waals surface area contributed by atoms with Gasteiger partial charge in [0.25, 0.3) is 15.9 Å². The molecule has 3 aromatic rings. The van der Waals surface area contributed by atoms with Gasteiger partial charge in [0.05, 0.1) is 17.6 Å². The number of pyridine rings is 1. The molecule has 3 aromatic heterocycles. The maximum atomic E-state index is 13.1. The maximum Gasteiger partial charge on any atom is 0.407 e. The van der Waals surface area contributed by atoms with E-state index in [0.29, 0.717) is 19.5 Å². The van der Waals surface area contributed by atoms with Gasteiger partial charge in [0, 0.05) is 37.1 Å². The number of halogens is 4. The van der Waals surface area contributed by atoms with E-state index in [0.717, 1.165) is 19.3 Å². The molecule has 13 nitrogen and oxygen atoms in total. The minimum atomic E-state index is -4.34. The molecule has 0 radical (unpaired) electrons. The third-order valence-electron chi connectivity index (χ3n) is 8.72. The molecule has 1 atom stereocenters. The van der Waals surface area contributed by atoms with Crippen LogP contribution in [-0.4, -0.2) is 79.8 Å². The Balaban J connectivity index is 1.11. The van der Waals surface area contributed by atoms with Gasteiger partial charge in [0.15, 0.2) is 10.8 Å². The molecule has 2 amide bonds. The van der Waals surface area contributed by atoms with Crippen LogP contribution in [0, 0.1) is 11.3 Å². The Morgan fingerprint density at radius 3 is 2.51 bits per heavy atom. The van der Waals surface area contributed by atoms with Gasteiger partial charge < -0.3 is 14.7 Å². The lowest BCUT2D eigenvalue weighted by atomic mass is 9.93. The van der Waals surface area contributed by atoms with Gasteiger partial charge in [0.2, 0.25) is 5.88 Å². The Morgan fingerprint density at radius 2 is 1.87 bits per heavy atom. The van der Waals surface area contributed by atoms with Gasteiger partial charge >= 0.3 is 12.3 Å². The fraction of sp³-hybridized carbons (Fsp3) is 0.552. The number of alkyl halides is 3. The molecule has 18 heteroatoms. The number of unbranched alkanes of at least 4 members (excludes halogenated alkanes) is 1. The van der Waals surface area contributed by atoms with Crippen LogP contribution in [0.4, 0.5) is 18.0 Å². The average Bonchev–Trinajstić information content (AvgIpc) is 3.28. The highest BCUT2D eigenvalue weighted by Gasteiger charge is 2.62. The van der Waals surface area contributed by atoms with E-state index >= 15 is 0 Å². The number of sulfonamides is 1. The Labute approximate surface area is 274 Å². The van der Waals surface area contributed by atoms with Crippen molar-refractivity contribution in [1.82, 2.24) is 34.2 Å². The number of hydrogen-bond donors (Lipinski definition) is 2. The molecule has 2 fully saturated rings. The summed E-state index contributed by atoms with van der Waals surface area (Å²) in [5.74, 6) is -0.529. The van der Waals surface area contributed by atoms with E-state index in [1.54, 1.807) is 0 Å². The van der Waals surface area contributed by atoms with Crippen LogP contribution in [-0.2, 0) is 16.6 Å². The molecule has 2 N–H and O–H groups in total. The van der Waals surface area contributed by atoms with E-state index in [4.69, 9.17) is 16.3 Å². The molecule has 5 rings (SSSR count). The number of aromatic nitrogens is 5. The molecule has 0 aromatic carbocycles. The summed E-state index contributed by atoms with van der Waals surface area (Å²) in [5, 5.41) is 16.9. The predicted molar refractivity (Wildman–Crippen MR) is 162 cm³/mol. The van der Waals surface area contributed by atoms with E-state index < -0.39 is 39.2 Å². The molecule has 256 valence electrons. The molecule has 47 heavy (non-hydrogen) atoms. The molecule has 1 unspecified atom stereocenters. The van der Waals surface area contributed by atoms with Crippen molar-refractivity contribution in [2.24, 2.45) is 11.3 Å². The summed E-state index contributed by atoms with van der Waals surface area (Å²) >= 11 is 6.20. The van der Waals surface area contributed by atoms with E-state index in [2.05, 4.69) is 15.2 Å². The third kappa shape index (κ3) is 7.83. The number of hydrogen-bond acceptors (Lipinski definition) is 8. The molecule has 1 saturated heterocycles. The predicted octanol–water partition coefficient (Wildman–Crippen LogP) is 5.30. The van der Waals surface area contributed by atoms with Crippen molar-refractivity contribution in [3.05, 3.63) is 47.4 Å². The number of carbonyl (C=O) groups is 2. The standard InChI is InChI=1S/C29H35ClF3N7O6S/c1-27(2)17-19(18-39(27)26(42)43)5-3-4-13-38-14-9-23(36-38)47(44,45)37-25(41)20-6-7-21(34-24(20)30)40-15-8-22(35-40)46-16-12-28(10-11-28)29(31,32)33/h6-9,14-15,19H,3-5,10-13,16-18H2,1-2H3,(H,37,41)(H,42,43). The first kappa shape index (κ1) is 34.5. The smallest absolute Gasteiger partial charge is 0.407 e. The van der Waals surface area contributed by atoms with Gasteiger partial charge in [-0.1, -0.05) is 18.0 Å². The number of amides is 2. The molecule has 0 bridgehead atoms.